The lowest BCUT2D eigenvalue weighted by Gasteiger charge is -2.03. The second kappa shape index (κ2) is 6.53. The number of methoxy groups -OCH3 is 1. The zero-order chi connectivity index (χ0) is 16.2. The number of carbonyl (C=O) groups excluding carboxylic acids is 1. The van der Waals surface area contributed by atoms with Gasteiger partial charge in [0, 0.05) is 11.1 Å². The highest BCUT2D eigenvalue weighted by molar-refractivity contribution is 6.05. The van der Waals surface area contributed by atoms with Crippen LogP contribution in [0.15, 0.2) is 60.2 Å². The van der Waals surface area contributed by atoms with E-state index in [1.54, 1.807) is 19.3 Å². The normalized spacial score (nSPS) is 15.5. The van der Waals surface area contributed by atoms with Gasteiger partial charge in [-0.05, 0) is 30.2 Å². The maximum Gasteiger partial charge on any atom is 0.343 e. The smallest absolute Gasteiger partial charge is 0.343 e. The molecule has 0 bridgehead atoms. The average molecular weight is 306 g/mol. The predicted molar refractivity (Wildman–Crippen MR) is 90.9 cm³/mol. The minimum atomic E-state index is -0.342. The third-order valence-electron chi connectivity index (χ3n) is 3.82. The molecule has 0 aromatic heterocycles. The fourth-order valence-electron chi connectivity index (χ4n) is 2.49. The van der Waals surface area contributed by atoms with Crippen LogP contribution in [0.25, 0.3) is 11.8 Å². The molecule has 0 atom stereocenters. The van der Waals surface area contributed by atoms with Crippen LogP contribution in [0.3, 0.4) is 0 Å². The molecule has 0 unspecified atom stereocenters. The molecule has 0 saturated carbocycles. The van der Waals surface area contributed by atoms with Crippen molar-refractivity contribution < 1.29 is 14.3 Å². The molecule has 0 fully saturated rings. The number of rotatable bonds is 4. The van der Waals surface area contributed by atoms with Crippen LogP contribution < -0.4 is 4.74 Å². The van der Waals surface area contributed by atoms with Crippen molar-refractivity contribution in [3.8, 4) is 5.75 Å². The summed E-state index contributed by atoms with van der Waals surface area (Å²) >= 11 is 0. The lowest BCUT2D eigenvalue weighted by molar-refractivity contribution is -0.130. The fourth-order valence-corrected chi connectivity index (χ4v) is 2.49. The quantitative estimate of drug-likeness (QED) is 0.626. The minimum absolute atomic E-state index is 0.342. The Bertz CT molecular complexity index is 783. The van der Waals surface area contributed by atoms with Gasteiger partial charge in [-0.25, -0.2) is 4.79 Å². The van der Waals surface area contributed by atoms with Crippen LogP contribution in [0, 0.1) is 0 Å². The Morgan fingerprint density at radius 2 is 1.83 bits per heavy atom. The van der Waals surface area contributed by atoms with Gasteiger partial charge in [0.05, 0.1) is 12.7 Å². The first kappa shape index (κ1) is 15.1. The van der Waals surface area contributed by atoms with Crippen molar-refractivity contribution in [2.75, 3.05) is 7.11 Å². The van der Waals surface area contributed by atoms with Gasteiger partial charge in [-0.15, -0.1) is 0 Å². The maximum atomic E-state index is 12.1. The first-order valence-corrected chi connectivity index (χ1v) is 7.59. The molecule has 1 aliphatic heterocycles. The third-order valence-corrected chi connectivity index (χ3v) is 3.82. The third kappa shape index (κ3) is 3.19. The van der Waals surface area contributed by atoms with Gasteiger partial charge in [-0.3, -0.25) is 0 Å². The van der Waals surface area contributed by atoms with E-state index in [-0.39, 0.29) is 5.97 Å². The molecule has 0 amide bonds. The number of esters is 1. The number of hydrogen-bond donors (Lipinski definition) is 0. The van der Waals surface area contributed by atoms with E-state index in [0.717, 1.165) is 23.3 Å². The van der Waals surface area contributed by atoms with Gasteiger partial charge in [0.25, 0.3) is 0 Å². The summed E-state index contributed by atoms with van der Waals surface area (Å²) in [5, 5.41) is 0. The van der Waals surface area contributed by atoms with Crippen molar-refractivity contribution in [1.82, 2.24) is 0 Å². The van der Waals surface area contributed by atoms with Crippen molar-refractivity contribution >= 4 is 17.8 Å². The zero-order valence-corrected chi connectivity index (χ0v) is 13.2. The van der Waals surface area contributed by atoms with E-state index < -0.39 is 0 Å². The number of benzene rings is 2. The Morgan fingerprint density at radius 1 is 1.09 bits per heavy atom. The van der Waals surface area contributed by atoms with Crippen LogP contribution in [0.2, 0.25) is 0 Å². The van der Waals surface area contributed by atoms with E-state index in [2.05, 4.69) is 6.92 Å². The monoisotopic (exact) mass is 306 g/mol. The Labute approximate surface area is 135 Å². The summed E-state index contributed by atoms with van der Waals surface area (Å²) < 4.78 is 10.7. The molecule has 0 radical (unpaired) electrons. The summed E-state index contributed by atoms with van der Waals surface area (Å²) in [6.45, 7) is 2.11. The molecular weight excluding hydrogens is 288 g/mol. The molecule has 1 aliphatic rings. The molecule has 23 heavy (non-hydrogen) atoms. The Balaban J connectivity index is 1.93. The standard InChI is InChI=1S/C20H18O3/c1-3-14-8-10-15(11-9-14)19-13-17(20(21)23-19)12-16-6-4-5-7-18(16)22-2/h4-13H,3H2,1-2H3/b17-12+. The molecular formula is C20H18O3. The number of carbonyl (C=O) groups is 1. The lowest BCUT2D eigenvalue weighted by Crippen LogP contribution is -1.97. The highest BCUT2D eigenvalue weighted by atomic mass is 16.5. The SMILES string of the molecule is CCc1ccc(C2=C/C(=C\c3ccccc3OC)C(=O)O2)cc1. The topological polar surface area (TPSA) is 35.5 Å². The molecule has 1 heterocycles. The van der Waals surface area contributed by atoms with Gasteiger partial charge in [0.1, 0.15) is 11.5 Å². The summed E-state index contributed by atoms with van der Waals surface area (Å²) in [6, 6.07) is 15.6. The average Bonchev–Trinajstić information content (AvgIpc) is 2.96. The summed E-state index contributed by atoms with van der Waals surface area (Å²) in [5.41, 5.74) is 3.52. The van der Waals surface area contributed by atoms with Crippen molar-refractivity contribution in [3.05, 3.63) is 76.9 Å². The van der Waals surface area contributed by atoms with Crippen LogP contribution in [-0.2, 0) is 16.0 Å². The number of ether oxygens (including phenoxy) is 2. The van der Waals surface area contributed by atoms with Crippen LogP contribution in [0.5, 0.6) is 5.75 Å². The van der Waals surface area contributed by atoms with Gasteiger partial charge in [0.2, 0.25) is 0 Å². The number of hydrogen-bond acceptors (Lipinski definition) is 3. The Morgan fingerprint density at radius 3 is 2.52 bits per heavy atom. The van der Waals surface area contributed by atoms with Gasteiger partial charge in [-0.2, -0.15) is 0 Å². The largest absolute Gasteiger partial charge is 0.496 e. The number of aryl methyl sites for hydroxylation is 1. The van der Waals surface area contributed by atoms with Crippen LogP contribution in [0.1, 0.15) is 23.6 Å². The van der Waals surface area contributed by atoms with E-state index in [1.807, 2.05) is 48.5 Å². The van der Waals surface area contributed by atoms with E-state index in [9.17, 15) is 4.79 Å². The van der Waals surface area contributed by atoms with Crippen LogP contribution >= 0.6 is 0 Å². The molecule has 0 N–H and O–H groups in total. The molecule has 2 aromatic rings. The molecule has 3 nitrogen and oxygen atoms in total. The molecule has 0 saturated heterocycles. The van der Waals surface area contributed by atoms with E-state index in [4.69, 9.17) is 9.47 Å². The minimum Gasteiger partial charge on any atom is -0.496 e. The first-order valence-electron chi connectivity index (χ1n) is 7.59. The number of cyclic esters (lactones) is 1. The second-order valence-electron chi connectivity index (χ2n) is 5.29. The zero-order valence-electron chi connectivity index (χ0n) is 13.2. The van der Waals surface area contributed by atoms with Crippen LogP contribution in [0.4, 0.5) is 0 Å². The van der Waals surface area contributed by atoms with Crippen molar-refractivity contribution in [3.63, 3.8) is 0 Å². The summed E-state index contributed by atoms with van der Waals surface area (Å²) in [6.07, 6.45) is 4.54. The highest BCUT2D eigenvalue weighted by Crippen LogP contribution is 2.29. The molecule has 116 valence electrons. The molecule has 3 rings (SSSR count). The predicted octanol–water partition coefficient (Wildman–Crippen LogP) is 4.24. The maximum absolute atomic E-state index is 12.1. The van der Waals surface area contributed by atoms with E-state index in [0.29, 0.717) is 11.3 Å². The Hall–Kier alpha value is -2.81. The second-order valence-corrected chi connectivity index (χ2v) is 5.29. The summed E-state index contributed by atoms with van der Waals surface area (Å²) in [7, 11) is 1.61. The van der Waals surface area contributed by atoms with Gasteiger partial charge < -0.3 is 9.47 Å². The lowest BCUT2D eigenvalue weighted by atomic mass is 10.1. The van der Waals surface area contributed by atoms with E-state index in [1.165, 1.54) is 5.56 Å². The van der Waals surface area contributed by atoms with Crippen molar-refractivity contribution in [2.45, 2.75) is 13.3 Å². The van der Waals surface area contributed by atoms with Gasteiger partial charge >= 0.3 is 5.97 Å². The Kier molecular flexibility index (Phi) is 4.29. The summed E-state index contributed by atoms with van der Waals surface area (Å²) in [5.74, 6) is 0.964. The molecule has 3 heteroatoms. The summed E-state index contributed by atoms with van der Waals surface area (Å²) in [4.78, 5) is 12.1. The first-order chi connectivity index (χ1) is 11.2. The van der Waals surface area contributed by atoms with Gasteiger partial charge in [-0.1, -0.05) is 49.4 Å². The van der Waals surface area contributed by atoms with Crippen LogP contribution in [-0.4, -0.2) is 13.1 Å². The van der Waals surface area contributed by atoms with Gasteiger partial charge in [0.15, 0.2) is 0 Å². The molecule has 0 spiro atoms. The molecule has 0 aliphatic carbocycles. The molecule has 2 aromatic carbocycles. The highest BCUT2D eigenvalue weighted by Gasteiger charge is 2.22. The van der Waals surface area contributed by atoms with Crippen molar-refractivity contribution in [1.29, 1.82) is 0 Å². The number of para-hydroxylation sites is 1. The van der Waals surface area contributed by atoms with Crippen molar-refractivity contribution in [2.24, 2.45) is 0 Å². The fraction of sp³-hybridized carbons (Fsp3) is 0.150. The van der Waals surface area contributed by atoms with E-state index >= 15 is 0 Å².